The van der Waals surface area contributed by atoms with E-state index in [9.17, 15) is 22.8 Å². The van der Waals surface area contributed by atoms with E-state index in [0.717, 1.165) is 0 Å². The molecule has 0 unspecified atom stereocenters. The van der Waals surface area contributed by atoms with Crippen LogP contribution >= 0.6 is 0 Å². The Balaban J connectivity index is 1.40. The molecule has 0 atom stereocenters. The van der Waals surface area contributed by atoms with E-state index in [1.54, 1.807) is 42.5 Å². The molecule has 0 bridgehead atoms. The summed E-state index contributed by atoms with van der Waals surface area (Å²) >= 11 is 0. The lowest BCUT2D eigenvalue weighted by molar-refractivity contribution is -0.135. The van der Waals surface area contributed by atoms with Gasteiger partial charge < -0.3 is 9.64 Å². The van der Waals surface area contributed by atoms with Crippen LogP contribution in [0, 0.1) is 0 Å². The number of rotatable bonds is 7. The fraction of sp³-hybridized carbons (Fsp3) is 0.333. The molecular weight excluding hydrogens is 472 g/mol. The highest BCUT2D eigenvalue weighted by atomic mass is 32.2. The number of hydrogen-bond acceptors (Lipinski definition) is 7. The number of amides is 1. The highest BCUT2D eigenvalue weighted by Crippen LogP contribution is 2.18. The molecule has 0 spiro atoms. The molecule has 1 aromatic heterocycles. The fourth-order valence-corrected chi connectivity index (χ4v) is 5.40. The number of hydrogen-bond donors (Lipinski definition) is 0. The first-order chi connectivity index (χ1) is 16.8. The molecule has 0 saturated carbocycles. The van der Waals surface area contributed by atoms with Gasteiger partial charge in [0, 0.05) is 38.1 Å². The summed E-state index contributed by atoms with van der Waals surface area (Å²) < 4.78 is 33.3. The van der Waals surface area contributed by atoms with Gasteiger partial charge >= 0.3 is 5.97 Å². The van der Waals surface area contributed by atoms with Crippen LogP contribution in [0.4, 0.5) is 0 Å². The number of fused-ring (bicyclic) bond motifs is 1. The lowest BCUT2D eigenvalue weighted by Crippen LogP contribution is -2.51. The van der Waals surface area contributed by atoms with E-state index in [-0.39, 0.29) is 42.3 Å². The fourth-order valence-electron chi connectivity index (χ4n) is 3.96. The Bertz CT molecular complexity index is 1400. The summed E-state index contributed by atoms with van der Waals surface area (Å²) in [5.74, 6) is -1.23. The molecule has 11 heteroatoms. The average Bonchev–Trinajstić information content (AvgIpc) is 2.89. The molecule has 2 aromatic carbocycles. The van der Waals surface area contributed by atoms with Gasteiger partial charge in [-0.3, -0.25) is 9.59 Å². The van der Waals surface area contributed by atoms with E-state index in [1.165, 1.54) is 26.0 Å². The summed E-state index contributed by atoms with van der Waals surface area (Å²) in [6.45, 7) is 2.39. The van der Waals surface area contributed by atoms with Crippen molar-refractivity contribution in [2.24, 2.45) is 0 Å². The van der Waals surface area contributed by atoms with Crippen molar-refractivity contribution in [2.75, 3.05) is 32.8 Å². The van der Waals surface area contributed by atoms with Gasteiger partial charge in [-0.05, 0) is 24.6 Å². The van der Waals surface area contributed by atoms with Crippen LogP contribution in [-0.2, 0) is 26.1 Å². The number of carbonyl (C=O) groups excluding carboxylic acids is 2. The third-order valence-corrected chi connectivity index (χ3v) is 7.71. The Morgan fingerprint density at radius 3 is 2.23 bits per heavy atom. The lowest BCUT2D eigenvalue weighted by Gasteiger charge is -2.33. The van der Waals surface area contributed by atoms with Gasteiger partial charge in [-0.2, -0.15) is 9.40 Å². The van der Waals surface area contributed by atoms with Crippen LogP contribution in [-0.4, -0.2) is 72.1 Å². The predicted molar refractivity (Wildman–Crippen MR) is 128 cm³/mol. The molecule has 10 nitrogen and oxygen atoms in total. The van der Waals surface area contributed by atoms with Crippen molar-refractivity contribution in [3.05, 3.63) is 70.6 Å². The van der Waals surface area contributed by atoms with Crippen LogP contribution in [0.5, 0.6) is 0 Å². The Morgan fingerprint density at radius 1 is 0.943 bits per heavy atom. The van der Waals surface area contributed by atoms with E-state index in [2.05, 4.69) is 5.10 Å². The van der Waals surface area contributed by atoms with Gasteiger partial charge in [0.05, 0.1) is 10.3 Å². The van der Waals surface area contributed by atoms with Crippen molar-refractivity contribution in [1.29, 1.82) is 0 Å². The Hall–Kier alpha value is -3.57. The largest absolute Gasteiger partial charge is 0.451 e. The number of aryl methyl sites for hydroxylation is 1. The minimum absolute atomic E-state index is 0.0276. The van der Waals surface area contributed by atoms with Crippen LogP contribution in [0.2, 0.25) is 0 Å². The van der Waals surface area contributed by atoms with Crippen LogP contribution in [0.1, 0.15) is 23.8 Å². The predicted octanol–water partition coefficient (Wildman–Crippen LogP) is 1.50. The third kappa shape index (κ3) is 5.10. The highest BCUT2D eigenvalue weighted by Gasteiger charge is 2.30. The van der Waals surface area contributed by atoms with Crippen molar-refractivity contribution in [3.8, 4) is 0 Å². The van der Waals surface area contributed by atoms with Crippen molar-refractivity contribution >= 4 is 32.7 Å². The van der Waals surface area contributed by atoms with Crippen LogP contribution in [0.25, 0.3) is 10.8 Å². The quantitative estimate of drug-likeness (QED) is 0.453. The third-order valence-electron chi connectivity index (χ3n) is 5.80. The maximum atomic E-state index is 12.8. The second-order valence-electron chi connectivity index (χ2n) is 8.10. The zero-order chi connectivity index (χ0) is 25.0. The monoisotopic (exact) mass is 498 g/mol. The second-order valence-corrected chi connectivity index (χ2v) is 10.0. The van der Waals surface area contributed by atoms with Gasteiger partial charge in [0.15, 0.2) is 12.3 Å². The van der Waals surface area contributed by atoms with Gasteiger partial charge in [-0.15, -0.1) is 0 Å². The number of esters is 1. The summed E-state index contributed by atoms with van der Waals surface area (Å²) in [5.41, 5.74) is -0.321. The first kappa shape index (κ1) is 24.6. The molecule has 184 valence electrons. The van der Waals surface area contributed by atoms with E-state index >= 15 is 0 Å². The number of carbonyl (C=O) groups is 2. The molecule has 3 aromatic rings. The molecule has 1 saturated heterocycles. The highest BCUT2D eigenvalue weighted by molar-refractivity contribution is 7.89. The zero-order valence-electron chi connectivity index (χ0n) is 19.3. The first-order valence-corrected chi connectivity index (χ1v) is 12.8. The lowest BCUT2D eigenvalue weighted by atomic mass is 10.1. The van der Waals surface area contributed by atoms with E-state index < -0.39 is 28.5 Å². The second kappa shape index (κ2) is 10.4. The maximum Gasteiger partial charge on any atom is 0.359 e. The average molecular weight is 499 g/mol. The van der Waals surface area contributed by atoms with E-state index in [0.29, 0.717) is 23.7 Å². The maximum absolute atomic E-state index is 12.8. The molecule has 35 heavy (non-hydrogen) atoms. The Morgan fingerprint density at radius 2 is 1.57 bits per heavy atom. The topological polar surface area (TPSA) is 119 Å². The first-order valence-electron chi connectivity index (χ1n) is 11.3. The van der Waals surface area contributed by atoms with Crippen LogP contribution < -0.4 is 5.56 Å². The number of nitrogens with zero attached hydrogens (tertiary/aromatic N) is 4. The summed E-state index contributed by atoms with van der Waals surface area (Å²) in [7, 11) is -3.63. The summed E-state index contributed by atoms with van der Waals surface area (Å²) in [6.07, 6.45) is 0.657. The normalized spacial score (nSPS) is 14.7. The van der Waals surface area contributed by atoms with Gasteiger partial charge in [0.2, 0.25) is 10.0 Å². The van der Waals surface area contributed by atoms with Crippen molar-refractivity contribution in [3.63, 3.8) is 0 Å². The zero-order valence-corrected chi connectivity index (χ0v) is 20.1. The van der Waals surface area contributed by atoms with Gasteiger partial charge in [0.1, 0.15) is 0 Å². The Labute approximate surface area is 202 Å². The number of ether oxygens (including phenoxy) is 1. The summed E-state index contributed by atoms with van der Waals surface area (Å²) in [5, 5.41) is 4.89. The Kier molecular flexibility index (Phi) is 7.27. The SMILES string of the molecule is CCCn1nc(C(=O)OCC(=O)N2CCN(S(=O)(=O)c3ccccc3)CC2)c2ccccc2c1=O. The van der Waals surface area contributed by atoms with E-state index in [1.807, 2.05) is 6.92 Å². The molecule has 0 aliphatic carbocycles. The molecule has 0 radical (unpaired) electrons. The molecule has 4 rings (SSSR count). The molecule has 1 fully saturated rings. The standard InChI is InChI=1S/C24H26N4O6S/c1-2-12-28-23(30)20-11-7-6-10-19(20)22(25-28)24(31)34-17-21(29)26-13-15-27(16-14-26)35(32,33)18-8-4-3-5-9-18/h3-11H,2,12-17H2,1H3. The van der Waals surface area contributed by atoms with Crippen molar-refractivity contribution < 1.29 is 22.7 Å². The number of benzene rings is 2. The van der Waals surface area contributed by atoms with E-state index in [4.69, 9.17) is 4.74 Å². The minimum atomic E-state index is -3.63. The van der Waals surface area contributed by atoms with Gasteiger partial charge in [-0.25, -0.2) is 17.9 Å². The van der Waals surface area contributed by atoms with Crippen LogP contribution in [0.15, 0.2) is 64.3 Å². The van der Waals surface area contributed by atoms with Crippen molar-refractivity contribution in [2.45, 2.75) is 24.8 Å². The molecule has 2 heterocycles. The minimum Gasteiger partial charge on any atom is -0.451 e. The van der Waals surface area contributed by atoms with Crippen LogP contribution in [0.3, 0.4) is 0 Å². The number of sulfonamides is 1. The number of piperazine rings is 1. The molecular formula is C24H26N4O6S. The smallest absolute Gasteiger partial charge is 0.359 e. The molecule has 0 N–H and O–H groups in total. The number of aromatic nitrogens is 2. The summed E-state index contributed by atoms with van der Waals surface area (Å²) in [6, 6.07) is 14.8. The van der Waals surface area contributed by atoms with Gasteiger partial charge in [0.25, 0.3) is 11.5 Å². The van der Waals surface area contributed by atoms with Gasteiger partial charge in [-0.1, -0.05) is 43.3 Å². The van der Waals surface area contributed by atoms with Crippen molar-refractivity contribution in [1.82, 2.24) is 19.0 Å². The summed E-state index contributed by atoms with van der Waals surface area (Å²) in [4.78, 5) is 39.7. The molecule has 1 amide bonds. The molecule has 1 aliphatic heterocycles. The molecule has 1 aliphatic rings.